The molecule has 0 N–H and O–H groups in total. The van der Waals surface area contributed by atoms with Gasteiger partial charge in [0.1, 0.15) is 5.69 Å². The molecule has 0 spiro atoms. The van der Waals surface area contributed by atoms with Crippen LogP contribution in [0.5, 0.6) is 11.5 Å². The highest BCUT2D eigenvalue weighted by Gasteiger charge is 2.34. The first kappa shape index (κ1) is 18.0. The quantitative estimate of drug-likeness (QED) is 0.649. The normalized spacial score (nSPS) is 16.4. The van der Waals surface area contributed by atoms with Gasteiger partial charge in [-0.15, -0.1) is 0 Å². The predicted molar refractivity (Wildman–Crippen MR) is 99.9 cm³/mol. The Morgan fingerprint density at radius 2 is 2.04 bits per heavy atom. The fourth-order valence-corrected chi connectivity index (χ4v) is 3.29. The van der Waals surface area contributed by atoms with Crippen molar-refractivity contribution in [3.63, 3.8) is 0 Å². The van der Waals surface area contributed by atoms with Crippen molar-refractivity contribution in [2.45, 2.75) is 18.9 Å². The molecule has 1 atom stereocenters. The first-order chi connectivity index (χ1) is 13.7. The molecule has 28 heavy (non-hydrogen) atoms. The summed E-state index contributed by atoms with van der Waals surface area (Å²) in [7, 11) is 3.18. The standard InChI is InChI=1S/C20H20N4O4/c1-26-16-7-6-13(9-17(16)27-2)11-24-12-14(10-18(24)25)20-22-19(23-28-20)15-5-3-4-8-21-15/h3-9,14H,10-12H2,1-2H3. The molecule has 1 fully saturated rings. The van der Waals surface area contributed by atoms with E-state index in [2.05, 4.69) is 15.1 Å². The fraction of sp³-hybridized carbons (Fsp3) is 0.300. The van der Waals surface area contributed by atoms with Gasteiger partial charge in [-0.2, -0.15) is 4.98 Å². The third-order valence-corrected chi connectivity index (χ3v) is 4.72. The van der Waals surface area contributed by atoms with Crippen molar-refractivity contribution >= 4 is 5.91 Å². The van der Waals surface area contributed by atoms with Crippen molar-refractivity contribution in [2.24, 2.45) is 0 Å². The molecule has 0 aliphatic carbocycles. The van der Waals surface area contributed by atoms with Crippen LogP contribution in [0.1, 0.15) is 23.8 Å². The van der Waals surface area contributed by atoms with E-state index in [9.17, 15) is 4.79 Å². The lowest BCUT2D eigenvalue weighted by Gasteiger charge is -2.17. The molecule has 4 rings (SSSR count). The van der Waals surface area contributed by atoms with E-state index in [1.54, 1.807) is 25.3 Å². The molecule has 0 saturated carbocycles. The second-order valence-corrected chi connectivity index (χ2v) is 6.54. The minimum atomic E-state index is -0.127. The van der Waals surface area contributed by atoms with E-state index in [0.717, 1.165) is 5.56 Å². The molecule has 1 unspecified atom stereocenters. The number of carbonyl (C=O) groups excluding carboxylic acids is 1. The highest BCUT2D eigenvalue weighted by molar-refractivity contribution is 5.79. The largest absolute Gasteiger partial charge is 0.493 e. The van der Waals surface area contributed by atoms with Gasteiger partial charge < -0.3 is 18.9 Å². The van der Waals surface area contributed by atoms with E-state index >= 15 is 0 Å². The first-order valence-electron chi connectivity index (χ1n) is 8.91. The highest BCUT2D eigenvalue weighted by Crippen LogP contribution is 2.32. The molecule has 3 heterocycles. The number of carbonyl (C=O) groups is 1. The Hall–Kier alpha value is -3.42. The number of pyridine rings is 1. The van der Waals surface area contributed by atoms with Crippen LogP contribution in [0, 0.1) is 0 Å². The van der Waals surface area contributed by atoms with Crippen molar-refractivity contribution in [3.8, 4) is 23.0 Å². The van der Waals surface area contributed by atoms with Gasteiger partial charge in [-0.05, 0) is 29.8 Å². The van der Waals surface area contributed by atoms with Crippen LogP contribution in [0.25, 0.3) is 11.5 Å². The molecule has 1 amide bonds. The van der Waals surface area contributed by atoms with Crippen molar-refractivity contribution in [1.82, 2.24) is 20.0 Å². The van der Waals surface area contributed by atoms with E-state index in [1.807, 2.05) is 36.4 Å². The Morgan fingerprint density at radius 3 is 2.79 bits per heavy atom. The zero-order chi connectivity index (χ0) is 19.5. The minimum absolute atomic E-state index is 0.0531. The lowest BCUT2D eigenvalue weighted by atomic mass is 10.1. The summed E-state index contributed by atoms with van der Waals surface area (Å²) in [5.74, 6) is 2.12. The van der Waals surface area contributed by atoms with Crippen LogP contribution in [-0.2, 0) is 11.3 Å². The second kappa shape index (κ2) is 7.67. The van der Waals surface area contributed by atoms with Gasteiger partial charge in [0.25, 0.3) is 0 Å². The second-order valence-electron chi connectivity index (χ2n) is 6.54. The third-order valence-electron chi connectivity index (χ3n) is 4.72. The van der Waals surface area contributed by atoms with Crippen LogP contribution in [0.3, 0.4) is 0 Å². The van der Waals surface area contributed by atoms with E-state index in [0.29, 0.717) is 48.4 Å². The molecule has 2 aromatic heterocycles. The number of aromatic nitrogens is 3. The summed E-state index contributed by atoms with van der Waals surface area (Å²) in [6.07, 6.45) is 2.02. The van der Waals surface area contributed by atoms with Gasteiger partial charge in [-0.25, -0.2) is 0 Å². The van der Waals surface area contributed by atoms with Crippen molar-refractivity contribution in [2.75, 3.05) is 20.8 Å². The Bertz CT molecular complexity index is 973. The van der Waals surface area contributed by atoms with E-state index < -0.39 is 0 Å². The SMILES string of the molecule is COc1ccc(CN2CC(c3nc(-c4ccccn4)no3)CC2=O)cc1OC. The van der Waals surface area contributed by atoms with Gasteiger partial charge in [0, 0.05) is 25.7 Å². The first-order valence-corrected chi connectivity index (χ1v) is 8.91. The van der Waals surface area contributed by atoms with Crippen molar-refractivity contribution in [3.05, 3.63) is 54.0 Å². The predicted octanol–water partition coefficient (Wildman–Crippen LogP) is 2.66. The molecule has 1 aliphatic rings. The van der Waals surface area contributed by atoms with E-state index in [1.165, 1.54) is 0 Å². The lowest BCUT2D eigenvalue weighted by Crippen LogP contribution is -2.24. The monoisotopic (exact) mass is 380 g/mol. The van der Waals surface area contributed by atoms with Crippen molar-refractivity contribution in [1.29, 1.82) is 0 Å². The lowest BCUT2D eigenvalue weighted by molar-refractivity contribution is -0.128. The van der Waals surface area contributed by atoms with Gasteiger partial charge in [0.05, 0.1) is 20.1 Å². The number of hydrogen-bond acceptors (Lipinski definition) is 7. The fourth-order valence-electron chi connectivity index (χ4n) is 3.29. The van der Waals surface area contributed by atoms with Crippen LogP contribution >= 0.6 is 0 Å². The summed E-state index contributed by atoms with van der Waals surface area (Å²) >= 11 is 0. The molecule has 144 valence electrons. The van der Waals surface area contributed by atoms with Gasteiger partial charge >= 0.3 is 0 Å². The van der Waals surface area contributed by atoms with Crippen LogP contribution in [0.2, 0.25) is 0 Å². The number of ether oxygens (including phenoxy) is 2. The van der Waals surface area contributed by atoms with Crippen LogP contribution in [0.15, 0.2) is 47.1 Å². The molecule has 0 bridgehead atoms. The van der Waals surface area contributed by atoms with Gasteiger partial charge in [0.2, 0.25) is 17.6 Å². The van der Waals surface area contributed by atoms with E-state index in [-0.39, 0.29) is 11.8 Å². The van der Waals surface area contributed by atoms with Crippen LogP contribution in [-0.4, -0.2) is 46.7 Å². The maximum absolute atomic E-state index is 12.5. The van der Waals surface area contributed by atoms with Crippen LogP contribution < -0.4 is 9.47 Å². The third kappa shape index (κ3) is 3.53. The van der Waals surface area contributed by atoms with Gasteiger partial charge in [-0.3, -0.25) is 9.78 Å². The number of likely N-dealkylation sites (tertiary alicyclic amines) is 1. The smallest absolute Gasteiger partial charge is 0.232 e. The molecule has 1 aromatic carbocycles. The summed E-state index contributed by atoms with van der Waals surface area (Å²) in [5.41, 5.74) is 1.61. The summed E-state index contributed by atoms with van der Waals surface area (Å²) in [6.45, 7) is 1.01. The zero-order valence-electron chi connectivity index (χ0n) is 15.7. The molecular weight excluding hydrogens is 360 g/mol. The maximum Gasteiger partial charge on any atom is 0.232 e. The topological polar surface area (TPSA) is 90.6 Å². The Morgan fingerprint density at radius 1 is 1.18 bits per heavy atom. The van der Waals surface area contributed by atoms with Gasteiger partial charge in [-0.1, -0.05) is 17.3 Å². The van der Waals surface area contributed by atoms with Crippen molar-refractivity contribution < 1.29 is 18.8 Å². The number of nitrogens with zero attached hydrogens (tertiary/aromatic N) is 4. The molecule has 0 radical (unpaired) electrons. The Labute approximate surface area is 162 Å². The molecule has 8 heteroatoms. The Balaban J connectivity index is 1.47. The van der Waals surface area contributed by atoms with Gasteiger partial charge in [0.15, 0.2) is 11.5 Å². The highest BCUT2D eigenvalue weighted by atomic mass is 16.5. The minimum Gasteiger partial charge on any atom is -0.493 e. The number of methoxy groups -OCH3 is 2. The molecule has 1 saturated heterocycles. The molecule has 1 aliphatic heterocycles. The molecule has 8 nitrogen and oxygen atoms in total. The summed E-state index contributed by atoms with van der Waals surface area (Å²) in [6, 6.07) is 11.1. The summed E-state index contributed by atoms with van der Waals surface area (Å²) < 4.78 is 16.0. The van der Waals surface area contributed by atoms with E-state index in [4.69, 9.17) is 14.0 Å². The number of amides is 1. The molecule has 3 aromatic rings. The summed E-state index contributed by atoms with van der Waals surface area (Å²) in [4.78, 5) is 22.9. The number of benzene rings is 1. The maximum atomic E-state index is 12.5. The zero-order valence-corrected chi connectivity index (χ0v) is 15.7. The number of rotatable bonds is 6. The summed E-state index contributed by atoms with van der Waals surface area (Å²) in [5, 5.41) is 4.00. The van der Waals surface area contributed by atoms with Crippen LogP contribution in [0.4, 0.5) is 0 Å². The average molecular weight is 380 g/mol. The Kier molecular flexibility index (Phi) is 4.92. The molecular formula is C20H20N4O4. The number of hydrogen-bond donors (Lipinski definition) is 0. The average Bonchev–Trinajstić information content (AvgIpc) is 3.36.